The topological polar surface area (TPSA) is 69.6 Å². The molecule has 0 saturated carbocycles. The molecule has 2 N–H and O–H groups in total. The lowest BCUT2D eigenvalue weighted by Gasteiger charge is -2.27. The lowest BCUT2D eigenvalue weighted by Crippen LogP contribution is -2.47. The molecule has 0 aromatic heterocycles. The second-order valence-electron chi connectivity index (χ2n) is 4.86. The van der Waals surface area contributed by atoms with Gasteiger partial charge in [-0.15, -0.1) is 0 Å². The van der Waals surface area contributed by atoms with Crippen LogP contribution < -0.4 is 5.32 Å². The summed E-state index contributed by atoms with van der Waals surface area (Å²) in [7, 11) is 0. The number of aryl methyl sites for hydroxylation is 1. The summed E-state index contributed by atoms with van der Waals surface area (Å²) in [6, 6.07) is 7.33. The molecule has 0 fully saturated rings. The smallest absolute Gasteiger partial charge is 0.323 e. The highest BCUT2D eigenvalue weighted by molar-refractivity contribution is 5.80. The summed E-state index contributed by atoms with van der Waals surface area (Å²) in [5.41, 5.74) is 2.13. The van der Waals surface area contributed by atoms with E-state index in [1.807, 2.05) is 45.0 Å². The SMILES string of the molecule is CCC(C)N(CC(=O)O)C(=O)NCc1ccccc1C. The molecule has 0 aliphatic heterocycles. The zero-order valence-corrected chi connectivity index (χ0v) is 12.2. The Kier molecular flexibility index (Phi) is 6.03. The molecule has 0 aliphatic rings. The third-order valence-corrected chi connectivity index (χ3v) is 3.38. The minimum atomic E-state index is -1.00. The Morgan fingerprint density at radius 3 is 2.55 bits per heavy atom. The van der Waals surface area contributed by atoms with Crippen LogP contribution in [0, 0.1) is 6.92 Å². The Morgan fingerprint density at radius 2 is 2.00 bits per heavy atom. The number of urea groups is 1. The molecule has 0 spiro atoms. The molecular weight excluding hydrogens is 256 g/mol. The van der Waals surface area contributed by atoms with Gasteiger partial charge in [0.05, 0.1) is 0 Å². The average molecular weight is 278 g/mol. The third-order valence-electron chi connectivity index (χ3n) is 3.38. The number of carboxylic acids is 1. The summed E-state index contributed by atoms with van der Waals surface area (Å²) in [4.78, 5) is 24.3. The Morgan fingerprint density at radius 1 is 1.35 bits per heavy atom. The molecule has 1 aromatic rings. The lowest BCUT2D eigenvalue weighted by molar-refractivity contribution is -0.138. The van der Waals surface area contributed by atoms with E-state index < -0.39 is 5.97 Å². The molecule has 20 heavy (non-hydrogen) atoms. The number of hydrogen-bond acceptors (Lipinski definition) is 2. The van der Waals surface area contributed by atoms with E-state index in [1.165, 1.54) is 4.90 Å². The van der Waals surface area contributed by atoms with Gasteiger partial charge in [-0.2, -0.15) is 0 Å². The number of rotatable bonds is 6. The van der Waals surface area contributed by atoms with Gasteiger partial charge in [0.25, 0.3) is 0 Å². The summed E-state index contributed by atoms with van der Waals surface area (Å²) in [6.45, 7) is 5.86. The number of benzene rings is 1. The van der Waals surface area contributed by atoms with Crippen LogP contribution in [0.1, 0.15) is 31.4 Å². The Bertz CT molecular complexity index is 474. The fourth-order valence-corrected chi connectivity index (χ4v) is 1.87. The van der Waals surface area contributed by atoms with Gasteiger partial charge in [-0.05, 0) is 31.4 Å². The van der Waals surface area contributed by atoms with Gasteiger partial charge in [-0.3, -0.25) is 4.79 Å². The maximum Gasteiger partial charge on any atom is 0.323 e. The first kappa shape index (κ1) is 16.0. The molecule has 0 saturated heterocycles. The Labute approximate surface area is 119 Å². The van der Waals surface area contributed by atoms with Crippen molar-refractivity contribution in [3.8, 4) is 0 Å². The van der Waals surface area contributed by atoms with Crippen molar-refractivity contribution < 1.29 is 14.7 Å². The van der Waals surface area contributed by atoms with E-state index in [-0.39, 0.29) is 18.6 Å². The van der Waals surface area contributed by atoms with E-state index in [2.05, 4.69) is 5.32 Å². The largest absolute Gasteiger partial charge is 0.480 e. The maximum atomic E-state index is 12.1. The van der Waals surface area contributed by atoms with Gasteiger partial charge in [0.15, 0.2) is 0 Å². The second kappa shape index (κ2) is 7.53. The van der Waals surface area contributed by atoms with Crippen LogP contribution in [0.25, 0.3) is 0 Å². The number of carboxylic acid groups (broad SMARTS) is 1. The summed E-state index contributed by atoms with van der Waals surface area (Å²) in [5.74, 6) is -1.00. The number of carbonyl (C=O) groups excluding carboxylic acids is 1. The average Bonchev–Trinajstić information content (AvgIpc) is 2.42. The molecule has 1 unspecified atom stereocenters. The molecule has 1 aromatic carbocycles. The first-order valence-electron chi connectivity index (χ1n) is 6.76. The van der Waals surface area contributed by atoms with Crippen LogP contribution in [0.4, 0.5) is 4.79 Å². The fourth-order valence-electron chi connectivity index (χ4n) is 1.87. The minimum Gasteiger partial charge on any atom is -0.480 e. The summed E-state index contributed by atoms with van der Waals surface area (Å²) in [5, 5.41) is 11.7. The Balaban J connectivity index is 2.67. The van der Waals surface area contributed by atoms with Crippen molar-refractivity contribution in [2.24, 2.45) is 0 Å². The number of carbonyl (C=O) groups is 2. The highest BCUT2D eigenvalue weighted by atomic mass is 16.4. The molecule has 1 rings (SSSR count). The monoisotopic (exact) mass is 278 g/mol. The first-order chi connectivity index (χ1) is 9.45. The van der Waals surface area contributed by atoms with E-state index in [9.17, 15) is 9.59 Å². The minimum absolute atomic E-state index is 0.108. The number of hydrogen-bond donors (Lipinski definition) is 2. The molecule has 0 heterocycles. The van der Waals surface area contributed by atoms with E-state index in [1.54, 1.807) is 0 Å². The van der Waals surface area contributed by atoms with E-state index >= 15 is 0 Å². The fraction of sp³-hybridized carbons (Fsp3) is 0.467. The van der Waals surface area contributed by atoms with Crippen LogP contribution in [-0.4, -0.2) is 34.6 Å². The molecular formula is C15H22N2O3. The predicted octanol–water partition coefficient (Wildman–Crippen LogP) is 2.39. The maximum absolute atomic E-state index is 12.1. The molecule has 2 amide bonds. The van der Waals surface area contributed by atoms with Crippen molar-refractivity contribution in [1.82, 2.24) is 10.2 Å². The molecule has 5 nitrogen and oxygen atoms in total. The van der Waals surface area contributed by atoms with Gasteiger partial charge in [-0.1, -0.05) is 31.2 Å². The highest BCUT2D eigenvalue weighted by Crippen LogP contribution is 2.08. The van der Waals surface area contributed by atoms with Gasteiger partial charge < -0.3 is 15.3 Å². The van der Waals surface area contributed by atoms with Crippen molar-refractivity contribution in [1.29, 1.82) is 0 Å². The van der Waals surface area contributed by atoms with Gasteiger partial charge >= 0.3 is 12.0 Å². The number of aliphatic carboxylic acids is 1. The summed E-state index contributed by atoms with van der Waals surface area (Å²) in [6.07, 6.45) is 0.713. The molecule has 110 valence electrons. The number of amides is 2. The molecule has 0 radical (unpaired) electrons. The van der Waals surface area contributed by atoms with E-state index in [0.29, 0.717) is 13.0 Å². The van der Waals surface area contributed by atoms with Gasteiger partial charge in [-0.25, -0.2) is 4.79 Å². The standard InChI is InChI=1S/C15H22N2O3/c1-4-12(3)17(10-14(18)19)15(20)16-9-13-8-6-5-7-11(13)2/h5-8,12H,4,9-10H2,1-3H3,(H,16,20)(H,18,19). The van der Waals surface area contributed by atoms with E-state index in [0.717, 1.165) is 11.1 Å². The van der Waals surface area contributed by atoms with Crippen LogP contribution in [0.2, 0.25) is 0 Å². The van der Waals surface area contributed by atoms with Gasteiger partial charge in [0, 0.05) is 12.6 Å². The number of nitrogens with one attached hydrogen (secondary N) is 1. The molecule has 0 bridgehead atoms. The van der Waals surface area contributed by atoms with Crippen molar-refractivity contribution in [2.45, 2.75) is 39.8 Å². The van der Waals surface area contributed by atoms with Crippen molar-refractivity contribution >= 4 is 12.0 Å². The van der Waals surface area contributed by atoms with Gasteiger partial charge in [0.1, 0.15) is 6.54 Å². The quantitative estimate of drug-likeness (QED) is 0.839. The normalized spacial score (nSPS) is 11.8. The third kappa shape index (κ3) is 4.57. The van der Waals surface area contributed by atoms with Crippen LogP contribution in [0.3, 0.4) is 0 Å². The van der Waals surface area contributed by atoms with Gasteiger partial charge in [0.2, 0.25) is 0 Å². The highest BCUT2D eigenvalue weighted by Gasteiger charge is 2.21. The van der Waals surface area contributed by atoms with Crippen molar-refractivity contribution in [3.05, 3.63) is 35.4 Å². The lowest BCUT2D eigenvalue weighted by atomic mass is 10.1. The molecule has 1 atom stereocenters. The van der Waals surface area contributed by atoms with Crippen LogP contribution >= 0.6 is 0 Å². The zero-order chi connectivity index (χ0) is 15.1. The molecule has 0 aliphatic carbocycles. The van der Waals surface area contributed by atoms with Crippen LogP contribution in [0.15, 0.2) is 24.3 Å². The van der Waals surface area contributed by atoms with Crippen LogP contribution in [0.5, 0.6) is 0 Å². The van der Waals surface area contributed by atoms with Crippen molar-refractivity contribution in [2.75, 3.05) is 6.54 Å². The molecule has 5 heteroatoms. The zero-order valence-electron chi connectivity index (χ0n) is 12.2. The first-order valence-corrected chi connectivity index (χ1v) is 6.76. The van der Waals surface area contributed by atoms with E-state index in [4.69, 9.17) is 5.11 Å². The Hall–Kier alpha value is -2.04. The summed E-state index contributed by atoms with van der Waals surface area (Å²) >= 11 is 0. The summed E-state index contributed by atoms with van der Waals surface area (Å²) < 4.78 is 0. The van der Waals surface area contributed by atoms with Crippen molar-refractivity contribution in [3.63, 3.8) is 0 Å². The number of nitrogens with zero attached hydrogens (tertiary/aromatic N) is 1. The predicted molar refractivity (Wildman–Crippen MR) is 77.5 cm³/mol. The second-order valence-corrected chi connectivity index (χ2v) is 4.86. The van der Waals surface area contributed by atoms with Crippen LogP contribution in [-0.2, 0) is 11.3 Å².